The average molecular weight is 242 g/mol. The summed E-state index contributed by atoms with van der Waals surface area (Å²) in [5.41, 5.74) is 0.968. The first-order valence-electron chi connectivity index (χ1n) is 6.43. The molecule has 94 valence electrons. The fraction of sp³-hybridized carbons (Fsp3) is 0.400. The van der Waals surface area contributed by atoms with Crippen molar-refractivity contribution in [1.82, 2.24) is 10.6 Å². The molecule has 0 heterocycles. The Morgan fingerprint density at radius 3 is 2.67 bits per heavy atom. The molecule has 1 aromatic carbocycles. The quantitative estimate of drug-likeness (QED) is 0.767. The van der Waals surface area contributed by atoms with Gasteiger partial charge in [0.1, 0.15) is 0 Å². The zero-order valence-electron chi connectivity index (χ0n) is 10.4. The zero-order valence-corrected chi connectivity index (χ0v) is 10.4. The largest absolute Gasteiger partial charge is 0.335 e. The normalized spacial score (nSPS) is 14.7. The second-order valence-electron chi connectivity index (χ2n) is 4.48. The lowest BCUT2D eigenvalue weighted by Crippen LogP contribution is -2.40. The third-order valence-electron chi connectivity index (χ3n) is 3.03. The third kappa shape index (κ3) is 4.14. The van der Waals surface area contributed by atoms with Gasteiger partial charge in [-0.15, -0.1) is 0 Å². The lowest BCUT2D eigenvalue weighted by Gasteiger charge is -2.11. The Morgan fingerprint density at radius 1 is 1.22 bits per heavy atom. The van der Waals surface area contributed by atoms with Gasteiger partial charge in [-0.1, -0.05) is 42.9 Å². The van der Waals surface area contributed by atoms with Crippen LogP contribution in [0, 0.1) is 11.8 Å². The lowest BCUT2D eigenvalue weighted by molar-refractivity contribution is 0.238. The molecule has 2 rings (SSSR count). The monoisotopic (exact) mass is 242 g/mol. The van der Waals surface area contributed by atoms with E-state index in [0.29, 0.717) is 12.6 Å². The van der Waals surface area contributed by atoms with Crippen LogP contribution in [0.3, 0.4) is 0 Å². The van der Waals surface area contributed by atoms with Crippen LogP contribution in [0.1, 0.15) is 31.2 Å². The Kier molecular flexibility index (Phi) is 4.66. The van der Waals surface area contributed by atoms with Gasteiger partial charge in [-0.25, -0.2) is 4.79 Å². The number of benzene rings is 1. The van der Waals surface area contributed by atoms with Gasteiger partial charge in [-0.3, -0.25) is 0 Å². The Bertz CT molecular complexity index is 439. The van der Waals surface area contributed by atoms with E-state index in [9.17, 15) is 4.79 Å². The molecule has 3 nitrogen and oxygen atoms in total. The van der Waals surface area contributed by atoms with Crippen LogP contribution in [-0.2, 0) is 0 Å². The first-order valence-corrected chi connectivity index (χ1v) is 6.43. The van der Waals surface area contributed by atoms with Crippen LogP contribution in [0.25, 0.3) is 0 Å². The number of amides is 2. The molecule has 1 aromatic rings. The van der Waals surface area contributed by atoms with E-state index in [0.717, 1.165) is 18.4 Å². The molecule has 0 spiro atoms. The van der Waals surface area contributed by atoms with Gasteiger partial charge in [-0.2, -0.15) is 0 Å². The maximum absolute atomic E-state index is 11.5. The number of nitrogens with one attached hydrogen (secondary N) is 2. The molecule has 0 bridgehead atoms. The molecule has 1 saturated carbocycles. The van der Waals surface area contributed by atoms with Crippen LogP contribution in [0.4, 0.5) is 4.79 Å². The third-order valence-corrected chi connectivity index (χ3v) is 3.03. The van der Waals surface area contributed by atoms with Gasteiger partial charge in [0.2, 0.25) is 0 Å². The van der Waals surface area contributed by atoms with E-state index < -0.39 is 0 Å². The van der Waals surface area contributed by atoms with Crippen LogP contribution in [-0.4, -0.2) is 18.6 Å². The number of urea groups is 1. The van der Waals surface area contributed by atoms with Crippen LogP contribution in [0.2, 0.25) is 0 Å². The Morgan fingerprint density at radius 2 is 1.94 bits per heavy atom. The van der Waals surface area contributed by atoms with E-state index in [2.05, 4.69) is 22.5 Å². The summed E-state index contributed by atoms with van der Waals surface area (Å²) in [6, 6.07) is 10.0. The van der Waals surface area contributed by atoms with Crippen molar-refractivity contribution in [2.24, 2.45) is 0 Å². The maximum atomic E-state index is 11.5. The highest BCUT2D eigenvalue weighted by molar-refractivity contribution is 5.74. The van der Waals surface area contributed by atoms with Gasteiger partial charge < -0.3 is 10.6 Å². The van der Waals surface area contributed by atoms with Gasteiger partial charge in [0, 0.05) is 11.6 Å². The topological polar surface area (TPSA) is 41.1 Å². The van der Waals surface area contributed by atoms with Crippen molar-refractivity contribution in [3.8, 4) is 11.8 Å². The van der Waals surface area contributed by atoms with Gasteiger partial charge in [-0.05, 0) is 25.0 Å². The summed E-state index contributed by atoms with van der Waals surface area (Å²) in [6.07, 6.45) is 4.64. The van der Waals surface area contributed by atoms with E-state index in [1.54, 1.807) is 0 Å². The summed E-state index contributed by atoms with van der Waals surface area (Å²) < 4.78 is 0. The number of carbonyl (C=O) groups is 1. The summed E-state index contributed by atoms with van der Waals surface area (Å²) in [4.78, 5) is 11.5. The van der Waals surface area contributed by atoms with Crippen molar-refractivity contribution in [2.45, 2.75) is 31.7 Å². The average Bonchev–Trinajstić information content (AvgIpc) is 2.89. The van der Waals surface area contributed by atoms with Crippen molar-refractivity contribution in [1.29, 1.82) is 0 Å². The Hall–Kier alpha value is -1.95. The molecule has 0 unspecified atom stereocenters. The van der Waals surface area contributed by atoms with Crippen LogP contribution in [0.15, 0.2) is 30.3 Å². The summed E-state index contributed by atoms with van der Waals surface area (Å²) in [7, 11) is 0. The lowest BCUT2D eigenvalue weighted by atomic mass is 10.2. The molecule has 1 aliphatic rings. The highest BCUT2D eigenvalue weighted by Gasteiger charge is 2.16. The Balaban J connectivity index is 1.69. The van der Waals surface area contributed by atoms with Crippen molar-refractivity contribution in [3.63, 3.8) is 0 Å². The first-order chi connectivity index (χ1) is 8.84. The van der Waals surface area contributed by atoms with Crippen molar-refractivity contribution in [2.75, 3.05) is 6.54 Å². The number of hydrogen-bond acceptors (Lipinski definition) is 1. The molecule has 0 radical (unpaired) electrons. The fourth-order valence-electron chi connectivity index (χ4n) is 2.10. The van der Waals surface area contributed by atoms with Crippen LogP contribution < -0.4 is 10.6 Å². The molecule has 0 aliphatic heterocycles. The van der Waals surface area contributed by atoms with Crippen LogP contribution >= 0.6 is 0 Å². The molecule has 0 saturated heterocycles. The Labute approximate surface area is 108 Å². The highest BCUT2D eigenvalue weighted by Crippen LogP contribution is 2.17. The van der Waals surface area contributed by atoms with Gasteiger partial charge >= 0.3 is 6.03 Å². The predicted octanol–water partition coefficient (Wildman–Crippen LogP) is 2.28. The van der Waals surface area contributed by atoms with Crippen LogP contribution in [0.5, 0.6) is 0 Å². The van der Waals surface area contributed by atoms with Crippen molar-refractivity contribution < 1.29 is 4.79 Å². The molecule has 18 heavy (non-hydrogen) atoms. The second-order valence-corrected chi connectivity index (χ2v) is 4.48. The zero-order chi connectivity index (χ0) is 12.6. The maximum Gasteiger partial charge on any atom is 0.315 e. The van der Waals surface area contributed by atoms with E-state index in [1.807, 2.05) is 30.3 Å². The molecule has 0 atom stereocenters. The molecule has 2 N–H and O–H groups in total. The van der Waals surface area contributed by atoms with E-state index in [4.69, 9.17) is 0 Å². The molecule has 3 heteroatoms. The fourth-order valence-corrected chi connectivity index (χ4v) is 2.10. The summed E-state index contributed by atoms with van der Waals surface area (Å²) >= 11 is 0. The highest BCUT2D eigenvalue weighted by atomic mass is 16.2. The number of hydrogen-bond donors (Lipinski definition) is 2. The van der Waals surface area contributed by atoms with E-state index >= 15 is 0 Å². The molecule has 1 fully saturated rings. The SMILES string of the molecule is O=C(NCC#Cc1ccccc1)NC1CCCC1. The first kappa shape index (κ1) is 12.5. The van der Waals surface area contributed by atoms with E-state index in [-0.39, 0.29) is 6.03 Å². The molecule has 2 amide bonds. The molecule has 0 aromatic heterocycles. The second kappa shape index (κ2) is 6.70. The standard InChI is InChI=1S/C15H18N2O/c18-15(17-14-10-4-5-11-14)16-12-6-9-13-7-2-1-3-8-13/h1-3,7-8,14H,4-5,10-12H2,(H2,16,17,18). The minimum atomic E-state index is -0.107. The number of carbonyl (C=O) groups excluding carboxylic acids is 1. The molecular formula is C15H18N2O. The minimum Gasteiger partial charge on any atom is -0.335 e. The van der Waals surface area contributed by atoms with Gasteiger partial charge in [0.05, 0.1) is 6.54 Å². The summed E-state index contributed by atoms with van der Waals surface area (Å²) in [5, 5.41) is 5.72. The van der Waals surface area contributed by atoms with E-state index in [1.165, 1.54) is 12.8 Å². The van der Waals surface area contributed by atoms with Crippen molar-refractivity contribution >= 4 is 6.03 Å². The predicted molar refractivity (Wildman–Crippen MR) is 72.1 cm³/mol. The number of rotatable bonds is 2. The summed E-state index contributed by atoms with van der Waals surface area (Å²) in [6.45, 7) is 0.382. The van der Waals surface area contributed by atoms with Gasteiger partial charge in [0.15, 0.2) is 0 Å². The minimum absolute atomic E-state index is 0.107. The molecule has 1 aliphatic carbocycles. The van der Waals surface area contributed by atoms with Crippen molar-refractivity contribution in [3.05, 3.63) is 35.9 Å². The van der Waals surface area contributed by atoms with Gasteiger partial charge in [0.25, 0.3) is 0 Å². The summed E-state index contributed by atoms with van der Waals surface area (Å²) in [5.74, 6) is 5.94. The smallest absolute Gasteiger partial charge is 0.315 e. The molecular weight excluding hydrogens is 224 g/mol.